The third-order valence-corrected chi connectivity index (χ3v) is 4.66. The van der Waals surface area contributed by atoms with Gasteiger partial charge in [-0.3, -0.25) is 9.69 Å². The summed E-state index contributed by atoms with van der Waals surface area (Å²) in [5, 5.41) is 0.712. The molecular formula is C14H22N2OS. The Morgan fingerprint density at radius 3 is 2.56 bits per heavy atom. The minimum atomic E-state index is 0.0223. The summed E-state index contributed by atoms with van der Waals surface area (Å²) in [7, 11) is 0. The lowest BCUT2D eigenvalue weighted by Gasteiger charge is -2.30. The van der Waals surface area contributed by atoms with Crippen LogP contribution in [0.2, 0.25) is 0 Å². The highest BCUT2D eigenvalue weighted by Gasteiger charge is 2.28. The van der Waals surface area contributed by atoms with Crippen LogP contribution in [0.3, 0.4) is 0 Å². The zero-order valence-corrected chi connectivity index (χ0v) is 12.4. The van der Waals surface area contributed by atoms with Crippen LogP contribution in [-0.4, -0.2) is 23.3 Å². The van der Waals surface area contributed by atoms with Gasteiger partial charge in [0.2, 0.25) is 0 Å². The lowest BCUT2D eigenvalue weighted by molar-refractivity contribution is 0.0938. The standard InChI is InChI=1S/C14H22N2OS/c1-8(2)13(17)12-10-5-6-16(9(3)4)7-11(10)18-14(12)15/h8-9H,5-7,15H2,1-4H3. The third-order valence-electron chi connectivity index (χ3n) is 3.61. The topological polar surface area (TPSA) is 46.3 Å². The second kappa shape index (κ2) is 5.02. The van der Waals surface area contributed by atoms with Gasteiger partial charge in [-0.1, -0.05) is 13.8 Å². The predicted octanol–water partition coefficient (Wildman–Crippen LogP) is 2.94. The van der Waals surface area contributed by atoms with Gasteiger partial charge in [0.25, 0.3) is 0 Å². The van der Waals surface area contributed by atoms with Crippen molar-refractivity contribution in [2.24, 2.45) is 5.92 Å². The SMILES string of the molecule is CC(C)C(=O)c1c(N)sc2c1CCN(C(C)C)C2. The van der Waals surface area contributed by atoms with Crippen LogP contribution >= 0.6 is 11.3 Å². The Bertz CT molecular complexity index is 463. The van der Waals surface area contributed by atoms with Gasteiger partial charge in [-0.25, -0.2) is 0 Å². The van der Waals surface area contributed by atoms with Gasteiger partial charge in [0.15, 0.2) is 5.78 Å². The smallest absolute Gasteiger partial charge is 0.168 e. The van der Waals surface area contributed by atoms with Crippen molar-refractivity contribution in [2.75, 3.05) is 12.3 Å². The van der Waals surface area contributed by atoms with Crippen molar-refractivity contribution < 1.29 is 4.79 Å². The summed E-state index contributed by atoms with van der Waals surface area (Å²) in [5.41, 5.74) is 8.09. The number of nitrogen functional groups attached to an aromatic ring is 1. The number of ketones is 1. The molecule has 0 unspecified atom stereocenters. The molecule has 4 heteroatoms. The van der Waals surface area contributed by atoms with E-state index in [2.05, 4.69) is 18.7 Å². The maximum Gasteiger partial charge on any atom is 0.168 e. The second-order valence-corrected chi connectivity index (χ2v) is 6.71. The monoisotopic (exact) mass is 266 g/mol. The van der Waals surface area contributed by atoms with E-state index in [1.54, 1.807) is 11.3 Å². The summed E-state index contributed by atoms with van der Waals surface area (Å²) in [5.74, 6) is 0.220. The minimum absolute atomic E-state index is 0.0223. The zero-order chi connectivity index (χ0) is 13.4. The Labute approximate surface area is 113 Å². The summed E-state index contributed by atoms with van der Waals surface area (Å²) in [6.07, 6.45) is 0.953. The van der Waals surface area contributed by atoms with Gasteiger partial charge in [-0.05, 0) is 25.8 Å². The molecule has 0 atom stereocenters. The van der Waals surface area contributed by atoms with E-state index >= 15 is 0 Å². The van der Waals surface area contributed by atoms with Crippen molar-refractivity contribution in [3.8, 4) is 0 Å². The van der Waals surface area contributed by atoms with E-state index < -0.39 is 0 Å². The summed E-state index contributed by atoms with van der Waals surface area (Å²) in [6, 6.07) is 0.547. The minimum Gasteiger partial charge on any atom is -0.390 e. The first-order chi connectivity index (χ1) is 8.41. The van der Waals surface area contributed by atoms with Gasteiger partial charge < -0.3 is 5.73 Å². The number of hydrogen-bond donors (Lipinski definition) is 1. The molecule has 0 aliphatic carbocycles. The molecule has 0 fully saturated rings. The summed E-state index contributed by atoms with van der Waals surface area (Å²) < 4.78 is 0. The quantitative estimate of drug-likeness (QED) is 0.856. The van der Waals surface area contributed by atoms with E-state index in [-0.39, 0.29) is 11.7 Å². The molecule has 1 aromatic heterocycles. The number of carbonyl (C=O) groups is 1. The summed E-state index contributed by atoms with van der Waals surface area (Å²) in [4.78, 5) is 15.9. The molecule has 0 amide bonds. The van der Waals surface area contributed by atoms with E-state index in [9.17, 15) is 4.79 Å². The molecule has 2 rings (SSSR count). The molecule has 2 N–H and O–H groups in total. The van der Waals surface area contributed by atoms with Crippen LogP contribution in [0.4, 0.5) is 5.00 Å². The Kier molecular flexibility index (Phi) is 3.78. The Morgan fingerprint density at radius 2 is 2.00 bits per heavy atom. The van der Waals surface area contributed by atoms with Crippen molar-refractivity contribution in [3.05, 3.63) is 16.0 Å². The number of anilines is 1. The van der Waals surface area contributed by atoms with E-state index in [4.69, 9.17) is 5.73 Å². The molecule has 1 aliphatic heterocycles. The Morgan fingerprint density at radius 1 is 1.33 bits per heavy atom. The van der Waals surface area contributed by atoms with Gasteiger partial charge in [-0.2, -0.15) is 0 Å². The molecule has 1 aromatic rings. The molecular weight excluding hydrogens is 244 g/mol. The average molecular weight is 266 g/mol. The zero-order valence-electron chi connectivity index (χ0n) is 11.6. The summed E-state index contributed by atoms with van der Waals surface area (Å²) in [6.45, 7) is 10.3. The summed E-state index contributed by atoms with van der Waals surface area (Å²) >= 11 is 1.60. The van der Waals surface area contributed by atoms with Crippen molar-refractivity contribution in [2.45, 2.75) is 46.7 Å². The van der Waals surface area contributed by atoms with Gasteiger partial charge in [0.1, 0.15) is 0 Å². The van der Waals surface area contributed by atoms with E-state index in [1.165, 1.54) is 10.4 Å². The molecule has 0 bridgehead atoms. The fourth-order valence-corrected chi connectivity index (χ4v) is 3.59. The lowest BCUT2D eigenvalue weighted by atomic mass is 9.94. The molecule has 0 saturated heterocycles. The molecule has 0 aromatic carbocycles. The fraction of sp³-hybridized carbons (Fsp3) is 0.643. The first kappa shape index (κ1) is 13.6. The van der Waals surface area contributed by atoms with Crippen molar-refractivity contribution >= 4 is 22.1 Å². The molecule has 0 spiro atoms. The van der Waals surface area contributed by atoms with Crippen molar-refractivity contribution in [1.29, 1.82) is 0 Å². The first-order valence-corrected chi connectivity index (χ1v) is 7.41. The number of nitrogens with zero attached hydrogens (tertiary/aromatic N) is 1. The fourth-order valence-electron chi connectivity index (χ4n) is 2.44. The van der Waals surface area contributed by atoms with Crippen molar-refractivity contribution in [3.63, 3.8) is 0 Å². The number of carbonyl (C=O) groups excluding carboxylic acids is 1. The lowest BCUT2D eigenvalue weighted by Crippen LogP contribution is -2.35. The highest BCUT2D eigenvalue weighted by molar-refractivity contribution is 7.16. The van der Waals surface area contributed by atoms with Crippen LogP contribution < -0.4 is 5.73 Å². The van der Waals surface area contributed by atoms with E-state index in [1.807, 2.05) is 13.8 Å². The average Bonchev–Trinajstić information content (AvgIpc) is 2.62. The molecule has 0 saturated carbocycles. The van der Waals surface area contributed by atoms with E-state index in [0.717, 1.165) is 25.1 Å². The number of hydrogen-bond acceptors (Lipinski definition) is 4. The number of Topliss-reactive ketones (excluding diaryl/α,β-unsaturated/α-hetero) is 1. The maximum absolute atomic E-state index is 12.2. The molecule has 0 radical (unpaired) electrons. The molecule has 18 heavy (non-hydrogen) atoms. The maximum atomic E-state index is 12.2. The Balaban J connectivity index is 2.35. The molecule has 3 nitrogen and oxygen atoms in total. The number of rotatable bonds is 3. The molecule has 1 aliphatic rings. The molecule has 100 valence electrons. The highest BCUT2D eigenvalue weighted by Crippen LogP contribution is 2.36. The van der Waals surface area contributed by atoms with Crippen LogP contribution in [0, 0.1) is 5.92 Å². The number of fused-ring (bicyclic) bond motifs is 1. The predicted molar refractivity (Wildman–Crippen MR) is 77.1 cm³/mol. The highest BCUT2D eigenvalue weighted by atomic mass is 32.1. The van der Waals surface area contributed by atoms with Crippen LogP contribution in [0.5, 0.6) is 0 Å². The normalized spacial score (nSPS) is 16.3. The van der Waals surface area contributed by atoms with Crippen LogP contribution in [0.15, 0.2) is 0 Å². The Hall–Kier alpha value is -0.870. The second-order valence-electron chi connectivity index (χ2n) is 5.58. The van der Waals surface area contributed by atoms with Crippen LogP contribution in [0.1, 0.15) is 48.5 Å². The number of nitrogens with two attached hydrogens (primary N) is 1. The van der Waals surface area contributed by atoms with Crippen LogP contribution in [-0.2, 0) is 13.0 Å². The molecule has 2 heterocycles. The first-order valence-electron chi connectivity index (χ1n) is 6.60. The van der Waals surface area contributed by atoms with Crippen LogP contribution in [0.25, 0.3) is 0 Å². The van der Waals surface area contributed by atoms with Gasteiger partial charge >= 0.3 is 0 Å². The van der Waals surface area contributed by atoms with Gasteiger partial charge in [-0.15, -0.1) is 11.3 Å². The van der Waals surface area contributed by atoms with Crippen molar-refractivity contribution in [1.82, 2.24) is 4.90 Å². The van der Waals surface area contributed by atoms with Gasteiger partial charge in [0, 0.05) is 29.9 Å². The van der Waals surface area contributed by atoms with Gasteiger partial charge in [0.05, 0.1) is 10.6 Å². The number of thiophene rings is 1. The largest absolute Gasteiger partial charge is 0.390 e. The van der Waals surface area contributed by atoms with E-state index in [0.29, 0.717) is 11.0 Å². The third kappa shape index (κ3) is 2.31.